The summed E-state index contributed by atoms with van der Waals surface area (Å²) in [7, 11) is 0. The number of nitrogen functional groups attached to an aromatic ring is 1. The number of hydrogen-bond acceptors (Lipinski definition) is 5. The van der Waals surface area contributed by atoms with Crippen molar-refractivity contribution in [2.24, 2.45) is 5.84 Å². The number of hydrogen-bond donors (Lipinski definition) is 2. The van der Waals surface area contributed by atoms with Gasteiger partial charge in [-0.1, -0.05) is 0 Å². The van der Waals surface area contributed by atoms with Crippen LogP contribution in [0.15, 0.2) is 43.0 Å². The van der Waals surface area contributed by atoms with Gasteiger partial charge >= 0.3 is 0 Å². The SMILES string of the molecule is CCN(Cc1ccncc1)C(=O)c1ccncc1NN. The van der Waals surface area contributed by atoms with Crippen molar-refractivity contribution >= 4 is 11.6 Å². The Morgan fingerprint density at radius 1 is 1.25 bits per heavy atom. The Morgan fingerprint density at radius 2 is 1.95 bits per heavy atom. The first-order valence-electron chi connectivity index (χ1n) is 6.35. The average molecular weight is 271 g/mol. The molecule has 0 saturated heterocycles. The number of nitrogens with one attached hydrogen (secondary N) is 1. The molecule has 0 saturated carbocycles. The monoisotopic (exact) mass is 271 g/mol. The third kappa shape index (κ3) is 3.10. The third-order valence-corrected chi connectivity index (χ3v) is 3.00. The van der Waals surface area contributed by atoms with E-state index in [-0.39, 0.29) is 5.91 Å². The minimum absolute atomic E-state index is 0.0836. The largest absolute Gasteiger partial charge is 0.335 e. The van der Waals surface area contributed by atoms with Crippen LogP contribution < -0.4 is 11.3 Å². The van der Waals surface area contributed by atoms with Crippen LogP contribution >= 0.6 is 0 Å². The maximum atomic E-state index is 12.5. The molecule has 20 heavy (non-hydrogen) atoms. The molecule has 2 aromatic heterocycles. The molecule has 1 amide bonds. The van der Waals surface area contributed by atoms with Crippen molar-refractivity contribution in [1.29, 1.82) is 0 Å². The Hall–Kier alpha value is -2.47. The average Bonchev–Trinajstić information content (AvgIpc) is 2.53. The predicted molar refractivity (Wildman–Crippen MR) is 76.7 cm³/mol. The number of anilines is 1. The zero-order valence-electron chi connectivity index (χ0n) is 11.3. The molecule has 2 rings (SSSR count). The lowest BCUT2D eigenvalue weighted by Gasteiger charge is -2.22. The summed E-state index contributed by atoms with van der Waals surface area (Å²) >= 11 is 0. The summed E-state index contributed by atoms with van der Waals surface area (Å²) in [6, 6.07) is 5.45. The van der Waals surface area contributed by atoms with E-state index in [2.05, 4.69) is 15.4 Å². The van der Waals surface area contributed by atoms with Gasteiger partial charge in [-0.3, -0.25) is 20.6 Å². The first kappa shape index (κ1) is 14.0. The van der Waals surface area contributed by atoms with E-state index >= 15 is 0 Å². The van der Waals surface area contributed by atoms with Crippen molar-refractivity contribution in [3.8, 4) is 0 Å². The molecule has 104 valence electrons. The number of amides is 1. The van der Waals surface area contributed by atoms with Gasteiger partial charge in [0.1, 0.15) is 0 Å². The van der Waals surface area contributed by atoms with Crippen molar-refractivity contribution in [2.45, 2.75) is 13.5 Å². The lowest BCUT2D eigenvalue weighted by Crippen LogP contribution is -2.31. The van der Waals surface area contributed by atoms with Crippen LogP contribution in [0, 0.1) is 0 Å². The summed E-state index contributed by atoms with van der Waals surface area (Å²) in [5.74, 6) is 5.33. The van der Waals surface area contributed by atoms with Crippen LogP contribution in [0.25, 0.3) is 0 Å². The molecule has 0 radical (unpaired) electrons. The fourth-order valence-corrected chi connectivity index (χ4v) is 1.90. The normalized spacial score (nSPS) is 10.1. The number of nitrogens with two attached hydrogens (primary N) is 1. The lowest BCUT2D eigenvalue weighted by molar-refractivity contribution is 0.0753. The quantitative estimate of drug-likeness (QED) is 0.634. The van der Waals surface area contributed by atoms with Gasteiger partial charge in [-0.05, 0) is 30.7 Å². The molecule has 3 N–H and O–H groups in total. The molecule has 0 spiro atoms. The van der Waals surface area contributed by atoms with Gasteiger partial charge in [-0.25, -0.2) is 0 Å². The van der Waals surface area contributed by atoms with E-state index in [9.17, 15) is 4.79 Å². The molecule has 0 aliphatic heterocycles. The molecule has 0 aliphatic rings. The van der Waals surface area contributed by atoms with Crippen molar-refractivity contribution < 1.29 is 4.79 Å². The van der Waals surface area contributed by atoms with E-state index in [0.717, 1.165) is 5.56 Å². The molecule has 0 bridgehead atoms. The molecule has 0 fully saturated rings. The Kier molecular flexibility index (Phi) is 4.62. The van der Waals surface area contributed by atoms with E-state index in [0.29, 0.717) is 24.3 Å². The topological polar surface area (TPSA) is 84.1 Å². The summed E-state index contributed by atoms with van der Waals surface area (Å²) in [6.45, 7) is 3.08. The number of aromatic nitrogens is 2. The number of hydrazine groups is 1. The maximum Gasteiger partial charge on any atom is 0.256 e. The Labute approximate surface area is 117 Å². The molecule has 6 nitrogen and oxygen atoms in total. The van der Waals surface area contributed by atoms with Gasteiger partial charge in [-0.2, -0.15) is 0 Å². The third-order valence-electron chi connectivity index (χ3n) is 3.00. The minimum atomic E-state index is -0.0836. The second-order valence-corrected chi connectivity index (χ2v) is 4.24. The second kappa shape index (κ2) is 6.63. The Morgan fingerprint density at radius 3 is 2.60 bits per heavy atom. The molecule has 0 atom stereocenters. The molecule has 2 heterocycles. The van der Waals surface area contributed by atoms with Crippen LogP contribution in [0.4, 0.5) is 5.69 Å². The highest BCUT2D eigenvalue weighted by Crippen LogP contribution is 2.16. The Balaban J connectivity index is 2.21. The second-order valence-electron chi connectivity index (χ2n) is 4.24. The zero-order valence-corrected chi connectivity index (χ0v) is 11.3. The van der Waals surface area contributed by atoms with E-state index < -0.39 is 0 Å². The van der Waals surface area contributed by atoms with Crippen LogP contribution in [-0.2, 0) is 6.54 Å². The van der Waals surface area contributed by atoms with E-state index in [4.69, 9.17) is 5.84 Å². The Bertz CT molecular complexity index is 573. The van der Waals surface area contributed by atoms with Gasteiger partial charge < -0.3 is 10.3 Å². The number of carbonyl (C=O) groups excluding carboxylic acids is 1. The van der Waals surface area contributed by atoms with Crippen molar-refractivity contribution in [2.75, 3.05) is 12.0 Å². The van der Waals surface area contributed by atoms with Crippen LogP contribution in [0.2, 0.25) is 0 Å². The highest BCUT2D eigenvalue weighted by molar-refractivity contribution is 5.99. The minimum Gasteiger partial charge on any atom is -0.335 e. The van der Waals surface area contributed by atoms with Crippen molar-refractivity contribution in [3.63, 3.8) is 0 Å². The van der Waals surface area contributed by atoms with Gasteiger partial charge in [0.05, 0.1) is 17.4 Å². The number of carbonyl (C=O) groups is 1. The number of nitrogens with zero attached hydrogens (tertiary/aromatic N) is 3. The standard InChI is InChI=1S/C14H17N5O/c1-2-19(10-11-3-6-16-7-4-11)14(20)12-5-8-17-9-13(12)18-15/h3-9,18H,2,10,15H2,1H3. The molecule has 6 heteroatoms. The lowest BCUT2D eigenvalue weighted by atomic mass is 10.1. The van der Waals surface area contributed by atoms with Gasteiger partial charge in [0, 0.05) is 31.7 Å². The molecular weight excluding hydrogens is 254 g/mol. The van der Waals surface area contributed by atoms with E-state index in [1.54, 1.807) is 29.6 Å². The van der Waals surface area contributed by atoms with Gasteiger partial charge in [0.15, 0.2) is 0 Å². The summed E-state index contributed by atoms with van der Waals surface area (Å²) in [4.78, 5) is 22.2. The molecular formula is C14H17N5O. The van der Waals surface area contributed by atoms with Gasteiger partial charge in [-0.15, -0.1) is 0 Å². The number of pyridine rings is 2. The summed E-state index contributed by atoms with van der Waals surface area (Å²) in [6.07, 6.45) is 6.54. The summed E-state index contributed by atoms with van der Waals surface area (Å²) in [5, 5.41) is 0. The number of rotatable bonds is 5. The summed E-state index contributed by atoms with van der Waals surface area (Å²) < 4.78 is 0. The highest BCUT2D eigenvalue weighted by Gasteiger charge is 2.17. The zero-order chi connectivity index (χ0) is 14.4. The van der Waals surface area contributed by atoms with Crippen LogP contribution in [-0.4, -0.2) is 27.3 Å². The van der Waals surface area contributed by atoms with Crippen molar-refractivity contribution in [1.82, 2.24) is 14.9 Å². The van der Waals surface area contributed by atoms with Crippen LogP contribution in [0.3, 0.4) is 0 Å². The fourth-order valence-electron chi connectivity index (χ4n) is 1.90. The predicted octanol–water partition coefficient (Wildman–Crippen LogP) is 1.42. The highest BCUT2D eigenvalue weighted by atomic mass is 16.2. The van der Waals surface area contributed by atoms with Crippen molar-refractivity contribution in [3.05, 3.63) is 54.1 Å². The maximum absolute atomic E-state index is 12.5. The molecule has 0 unspecified atom stereocenters. The smallest absolute Gasteiger partial charge is 0.256 e. The van der Waals surface area contributed by atoms with E-state index in [1.165, 1.54) is 6.20 Å². The molecule has 0 aliphatic carbocycles. The fraction of sp³-hybridized carbons (Fsp3) is 0.214. The molecule has 2 aromatic rings. The molecule has 0 aromatic carbocycles. The first-order chi connectivity index (χ1) is 9.76. The van der Waals surface area contributed by atoms with Crippen LogP contribution in [0.1, 0.15) is 22.8 Å². The van der Waals surface area contributed by atoms with Gasteiger partial charge in [0.2, 0.25) is 0 Å². The van der Waals surface area contributed by atoms with E-state index in [1.807, 2.05) is 19.1 Å². The van der Waals surface area contributed by atoms with Crippen LogP contribution in [0.5, 0.6) is 0 Å². The van der Waals surface area contributed by atoms with Gasteiger partial charge in [0.25, 0.3) is 5.91 Å². The first-order valence-corrected chi connectivity index (χ1v) is 6.35. The summed E-state index contributed by atoms with van der Waals surface area (Å²) in [5.41, 5.74) is 4.56.